The van der Waals surface area contributed by atoms with Crippen molar-refractivity contribution in [3.8, 4) is 11.5 Å². The quantitative estimate of drug-likeness (QED) is 0.164. The van der Waals surface area contributed by atoms with Crippen molar-refractivity contribution in [3.63, 3.8) is 0 Å². The van der Waals surface area contributed by atoms with Gasteiger partial charge < -0.3 is 0 Å². The van der Waals surface area contributed by atoms with Gasteiger partial charge in [0.25, 0.3) is 0 Å². The van der Waals surface area contributed by atoms with E-state index in [-0.39, 0.29) is 10.0 Å². The van der Waals surface area contributed by atoms with Gasteiger partial charge in [-0.15, -0.1) is 0 Å². The van der Waals surface area contributed by atoms with Gasteiger partial charge in [0.15, 0.2) is 0 Å². The van der Waals surface area contributed by atoms with Crippen LogP contribution in [0.5, 0.6) is 11.5 Å². The van der Waals surface area contributed by atoms with Crippen LogP contribution in [0.1, 0.15) is 13.8 Å². The van der Waals surface area contributed by atoms with Crippen molar-refractivity contribution in [2.75, 3.05) is 13.2 Å². The van der Waals surface area contributed by atoms with Crippen LogP contribution in [0.25, 0.3) is 0 Å². The van der Waals surface area contributed by atoms with Gasteiger partial charge in [-0.3, -0.25) is 0 Å². The van der Waals surface area contributed by atoms with Crippen molar-refractivity contribution >= 4 is 54.1 Å². The Morgan fingerprint density at radius 1 is 0.800 bits per heavy atom. The van der Waals surface area contributed by atoms with E-state index in [1.54, 1.807) is 13.8 Å². The summed E-state index contributed by atoms with van der Waals surface area (Å²) in [6.07, 6.45) is -16.2. The van der Waals surface area contributed by atoms with Crippen molar-refractivity contribution in [2.24, 2.45) is 5.41 Å². The average Bonchev–Trinajstić information content (AvgIpc) is 2.95. The van der Waals surface area contributed by atoms with E-state index in [0.717, 1.165) is 0 Å². The first-order valence-corrected chi connectivity index (χ1v) is 11.1. The molecular weight excluding hydrogens is 535 g/mol. The Hall–Kier alpha value is -0.130. The van der Waals surface area contributed by atoms with E-state index in [4.69, 9.17) is 64.5 Å². The second kappa shape index (κ2) is 7.18. The molecule has 1 aromatic carbocycles. The number of fused-ring (bicyclic) bond motifs is 1. The number of rotatable bonds is 2. The molecule has 0 amide bonds. The monoisotopic (exact) mass is 544 g/mol. The standard InChI is InChI=1S/C14H11Cl4F6O5P/c1-12(2)3-25-30(26-4-12,29-11(13(19,20)21)14(22,23)24)27-9-7(17)5(15)6(16)8(18)10(9)28-30/h11H,3-4H2,1-2H3. The molecule has 1 aromatic rings. The van der Waals surface area contributed by atoms with E-state index < -0.39 is 66.4 Å². The molecule has 3 rings (SSSR count). The predicted octanol–water partition coefficient (Wildman–Crippen LogP) is 7.78. The zero-order valence-corrected chi connectivity index (χ0v) is 18.7. The van der Waals surface area contributed by atoms with Gasteiger partial charge in [0.1, 0.15) is 0 Å². The van der Waals surface area contributed by atoms with Gasteiger partial charge in [0, 0.05) is 0 Å². The fourth-order valence-corrected chi connectivity index (χ4v) is 6.58. The number of alkyl halides is 6. The molecule has 1 fully saturated rings. The Bertz CT molecular complexity index is 828. The van der Waals surface area contributed by atoms with E-state index in [1.807, 2.05) is 0 Å². The van der Waals surface area contributed by atoms with Crippen LogP contribution in [0.3, 0.4) is 0 Å². The second-order valence-electron chi connectivity index (χ2n) is 7.12. The molecule has 5 nitrogen and oxygen atoms in total. The molecule has 16 heteroatoms. The number of hydrogen-bond donors (Lipinski definition) is 0. The van der Waals surface area contributed by atoms with Gasteiger partial charge in [-0.2, -0.15) is 0 Å². The van der Waals surface area contributed by atoms with Crippen LogP contribution in [0.2, 0.25) is 20.1 Å². The molecule has 0 unspecified atom stereocenters. The molecular formula is C14H11Cl4F6O5P. The summed E-state index contributed by atoms with van der Waals surface area (Å²) in [5.74, 6) is -1.26. The zero-order chi connectivity index (χ0) is 22.9. The number of hydrogen-bond acceptors (Lipinski definition) is 5. The SMILES string of the molecule is CC1(C)COP2(OC(C(F)(F)F)C(F)(F)F)(OC1)Oc1c(Cl)c(Cl)c(Cl)c(Cl)c1O2. The summed E-state index contributed by atoms with van der Waals surface area (Å²) < 4.78 is 105. The van der Waals surface area contributed by atoms with Crippen molar-refractivity contribution in [3.05, 3.63) is 20.1 Å². The summed E-state index contributed by atoms with van der Waals surface area (Å²) in [7, 11) is -6.09. The third-order valence-electron chi connectivity index (χ3n) is 3.87. The van der Waals surface area contributed by atoms with E-state index >= 15 is 0 Å². The van der Waals surface area contributed by atoms with Crippen LogP contribution in [0.4, 0.5) is 26.3 Å². The Morgan fingerprint density at radius 2 is 1.17 bits per heavy atom. The Kier molecular flexibility index (Phi) is 5.87. The molecule has 2 heterocycles. The van der Waals surface area contributed by atoms with Crippen molar-refractivity contribution in [2.45, 2.75) is 32.3 Å². The molecule has 0 N–H and O–H groups in total. The summed E-state index contributed by atoms with van der Waals surface area (Å²) >= 11 is 23.7. The average molecular weight is 546 g/mol. The van der Waals surface area contributed by atoms with Gasteiger partial charge >= 0.3 is 186 Å². The molecule has 1 saturated heterocycles. The van der Waals surface area contributed by atoms with E-state index in [0.29, 0.717) is 0 Å². The summed E-state index contributed by atoms with van der Waals surface area (Å²) in [4.78, 5) is 0. The van der Waals surface area contributed by atoms with Crippen LogP contribution >= 0.6 is 54.1 Å². The minimum atomic E-state index is -6.09. The number of benzene rings is 1. The fraction of sp³-hybridized carbons (Fsp3) is 0.571. The first-order valence-electron chi connectivity index (χ1n) is 7.81. The minimum absolute atomic E-state index is 0.384. The molecule has 2 aliphatic heterocycles. The summed E-state index contributed by atoms with van der Waals surface area (Å²) in [5, 5.41) is -1.77. The van der Waals surface area contributed by atoms with Gasteiger partial charge in [-0.25, -0.2) is 0 Å². The Labute approximate surface area is 185 Å². The van der Waals surface area contributed by atoms with E-state index in [1.165, 1.54) is 0 Å². The Balaban J connectivity index is 2.17. The molecule has 0 aromatic heterocycles. The van der Waals surface area contributed by atoms with Gasteiger partial charge in [0.05, 0.1) is 0 Å². The molecule has 30 heavy (non-hydrogen) atoms. The second-order valence-corrected chi connectivity index (χ2v) is 11.2. The van der Waals surface area contributed by atoms with E-state index in [9.17, 15) is 26.3 Å². The van der Waals surface area contributed by atoms with Crippen LogP contribution in [-0.4, -0.2) is 31.7 Å². The predicted molar refractivity (Wildman–Crippen MR) is 97.3 cm³/mol. The van der Waals surface area contributed by atoms with Crippen LogP contribution in [0.15, 0.2) is 0 Å². The van der Waals surface area contributed by atoms with Gasteiger partial charge in [-0.1, -0.05) is 0 Å². The summed E-state index contributed by atoms with van der Waals surface area (Å²) in [6, 6.07) is 0. The zero-order valence-electron chi connectivity index (χ0n) is 14.8. The molecule has 172 valence electrons. The first kappa shape index (κ1) is 24.5. The van der Waals surface area contributed by atoms with Crippen molar-refractivity contribution in [1.29, 1.82) is 0 Å². The fourth-order valence-electron chi connectivity index (χ4n) is 2.40. The summed E-state index contributed by atoms with van der Waals surface area (Å²) in [5.41, 5.74) is -0.831. The van der Waals surface area contributed by atoms with Crippen LogP contribution < -0.4 is 9.05 Å². The van der Waals surface area contributed by atoms with Gasteiger partial charge in [0.2, 0.25) is 0 Å². The molecule has 1 spiro atoms. The molecule has 0 saturated carbocycles. The maximum atomic E-state index is 13.2. The molecule has 0 atom stereocenters. The van der Waals surface area contributed by atoms with E-state index in [2.05, 4.69) is 4.52 Å². The normalized spacial score (nSPS) is 23.4. The van der Waals surface area contributed by atoms with Gasteiger partial charge in [-0.05, 0) is 0 Å². The topological polar surface area (TPSA) is 46.2 Å². The first-order chi connectivity index (χ1) is 13.4. The third-order valence-corrected chi connectivity index (χ3v) is 8.25. The maximum absolute atomic E-state index is 13.2. The molecule has 0 bridgehead atoms. The third kappa shape index (κ3) is 4.12. The molecule has 0 radical (unpaired) electrons. The van der Waals surface area contributed by atoms with Crippen molar-refractivity contribution in [1.82, 2.24) is 0 Å². The van der Waals surface area contributed by atoms with Crippen LogP contribution in [0, 0.1) is 5.41 Å². The molecule has 0 aliphatic carbocycles. The molecule has 2 aliphatic rings. The van der Waals surface area contributed by atoms with Crippen molar-refractivity contribution < 1.29 is 49.0 Å². The number of halogens is 10. The Morgan fingerprint density at radius 3 is 1.50 bits per heavy atom. The summed E-state index contributed by atoms with van der Waals surface area (Å²) in [6.45, 7) is 2.25. The van der Waals surface area contributed by atoms with Crippen LogP contribution in [-0.2, 0) is 13.6 Å².